The molecule has 1 saturated heterocycles. The van der Waals surface area contributed by atoms with Gasteiger partial charge in [0.1, 0.15) is 41.0 Å². The van der Waals surface area contributed by atoms with E-state index in [9.17, 15) is 15.5 Å². The highest BCUT2D eigenvalue weighted by molar-refractivity contribution is 9.10. The number of fused-ring (bicyclic) bond motifs is 1. The Morgan fingerprint density at radius 3 is 2.81 bits per heavy atom. The Balaban J connectivity index is 2.18. The zero-order chi connectivity index (χ0) is 15.1. The molecule has 0 bridgehead atoms. The number of hydrogen-bond acceptors (Lipinski definition) is 7. The predicted octanol–water partition coefficient (Wildman–Crippen LogP) is -0.323. The van der Waals surface area contributed by atoms with Crippen LogP contribution < -0.4 is 0 Å². The lowest BCUT2D eigenvalue weighted by molar-refractivity contribution is -0.0518. The van der Waals surface area contributed by atoms with Crippen LogP contribution in [0, 0.1) is 11.3 Å². The number of halogens is 1. The lowest BCUT2D eigenvalue weighted by Gasteiger charge is -2.18. The standard InChI is InChI=1S/C12H11BrN4O4/c13-10-5(1-14)6-2-15-4-16-11(6)17(10)12-9(20)8(19)7(3-18)21-12/h2,4,7-9,12,18-20H,3H2/t7-,8+,9+,12+/m0/s1. The van der Waals surface area contributed by atoms with E-state index in [1.165, 1.54) is 17.1 Å². The molecule has 3 rings (SSSR count). The molecule has 2 aromatic heterocycles. The molecule has 0 amide bonds. The maximum Gasteiger partial charge on any atom is 0.165 e. The fourth-order valence-electron chi connectivity index (χ4n) is 2.45. The second-order valence-electron chi connectivity index (χ2n) is 4.64. The van der Waals surface area contributed by atoms with Crippen molar-refractivity contribution in [3.05, 3.63) is 22.7 Å². The van der Waals surface area contributed by atoms with Gasteiger partial charge in [-0.25, -0.2) is 9.97 Å². The van der Waals surface area contributed by atoms with Gasteiger partial charge in [0.25, 0.3) is 0 Å². The first kappa shape index (κ1) is 14.4. The van der Waals surface area contributed by atoms with Gasteiger partial charge in [-0.1, -0.05) is 0 Å². The van der Waals surface area contributed by atoms with Gasteiger partial charge in [0.2, 0.25) is 0 Å². The smallest absolute Gasteiger partial charge is 0.165 e. The fraction of sp³-hybridized carbons (Fsp3) is 0.417. The van der Waals surface area contributed by atoms with E-state index in [0.717, 1.165) is 0 Å². The summed E-state index contributed by atoms with van der Waals surface area (Å²) in [4.78, 5) is 7.98. The van der Waals surface area contributed by atoms with E-state index < -0.39 is 31.1 Å². The molecule has 0 radical (unpaired) electrons. The van der Waals surface area contributed by atoms with Gasteiger partial charge < -0.3 is 20.1 Å². The third kappa shape index (κ3) is 2.04. The summed E-state index contributed by atoms with van der Waals surface area (Å²) in [5.74, 6) is 0. The molecule has 2 aromatic rings. The molecule has 0 aliphatic carbocycles. The van der Waals surface area contributed by atoms with Crippen molar-refractivity contribution in [1.82, 2.24) is 14.5 Å². The van der Waals surface area contributed by atoms with Crippen LogP contribution in [0.25, 0.3) is 11.0 Å². The Labute approximate surface area is 127 Å². The Kier molecular flexibility index (Phi) is 3.64. The maximum atomic E-state index is 10.1. The molecule has 4 atom stereocenters. The number of nitriles is 1. The van der Waals surface area contributed by atoms with E-state index in [-0.39, 0.29) is 0 Å². The molecule has 21 heavy (non-hydrogen) atoms. The highest BCUT2D eigenvalue weighted by Gasteiger charge is 2.44. The summed E-state index contributed by atoms with van der Waals surface area (Å²) < 4.78 is 7.32. The number of nitrogens with zero attached hydrogens (tertiary/aromatic N) is 4. The number of aliphatic hydroxyl groups excluding tert-OH is 3. The van der Waals surface area contributed by atoms with Crippen molar-refractivity contribution >= 4 is 27.0 Å². The van der Waals surface area contributed by atoms with Gasteiger partial charge >= 0.3 is 0 Å². The molecule has 1 fully saturated rings. The molecule has 1 aliphatic rings. The minimum atomic E-state index is -1.25. The monoisotopic (exact) mass is 354 g/mol. The van der Waals surface area contributed by atoms with E-state index in [2.05, 4.69) is 25.9 Å². The minimum absolute atomic E-state index is 0.309. The van der Waals surface area contributed by atoms with E-state index >= 15 is 0 Å². The van der Waals surface area contributed by atoms with Crippen LogP contribution in [-0.4, -0.2) is 54.8 Å². The lowest BCUT2D eigenvalue weighted by atomic mass is 10.1. The first-order valence-electron chi connectivity index (χ1n) is 6.12. The fourth-order valence-corrected chi connectivity index (χ4v) is 3.12. The molecule has 3 heterocycles. The van der Waals surface area contributed by atoms with Gasteiger partial charge in [-0.2, -0.15) is 5.26 Å². The third-order valence-electron chi connectivity index (χ3n) is 3.49. The Bertz CT molecular complexity index is 728. The molecular formula is C12H11BrN4O4. The minimum Gasteiger partial charge on any atom is -0.394 e. The number of hydrogen-bond donors (Lipinski definition) is 3. The molecular weight excluding hydrogens is 344 g/mol. The van der Waals surface area contributed by atoms with Crippen LogP contribution >= 0.6 is 15.9 Å². The Morgan fingerprint density at radius 2 is 2.19 bits per heavy atom. The summed E-state index contributed by atoms with van der Waals surface area (Å²) >= 11 is 3.29. The van der Waals surface area contributed by atoms with Gasteiger partial charge in [-0.05, 0) is 15.9 Å². The summed E-state index contributed by atoms with van der Waals surface area (Å²) in [6, 6.07) is 2.04. The normalized spacial score (nSPS) is 28.9. The van der Waals surface area contributed by atoms with Gasteiger partial charge in [-0.15, -0.1) is 0 Å². The molecule has 0 aromatic carbocycles. The molecule has 0 spiro atoms. The van der Waals surface area contributed by atoms with E-state index in [1.807, 2.05) is 6.07 Å². The first-order chi connectivity index (χ1) is 10.1. The van der Waals surface area contributed by atoms with E-state index in [4.69, 9.17) is 9.84 Å². The van der Waals surface area contributed by atoms with Crippen molar-refractivity contribution in [2.75, 3.05) is 6.61 Å². The van der Waals surface area contributed by atoms with Crippen LogP contribution in [0.4, 0.5) is 0 Å². The van der Waals surface area contributed by atoms with Crippen molar-refractivity contribution < 1.29 is 20.1 Å². The van der Waals surface area contributed by atoms with Crippen LogP contribution in [0.2, 0.25) is 0 Å². The summed E-state index contributed by atoms with van der Waals surface area (Å²) in [5.41, 5.74) is 0.701. The van der Waals surface area contributed by atoms with Crippen molar-refractivity contribution in [3.8, 4) is 6.07 Å². The third-order valence-corrected chi connectivity index (χ3v) is 4.27. The van der Waals surface area contributed by atoms with Gasteiger partial charge in [0, 0.05) is 6.20 Å². The average Bonchev–Trinajstić information content (AvgIpc) is 2.94. The molecule has 0 unspecified atom stereocenters. The second kappa shape index (κ2) is 5.32. The van der Waals surface area contributed by atoms with Gasteiger partial charge in [0.15, 0.2) is 6.23 Å². The zero-order valence-electron chi connectivity index (χ0n) is 10.6. The van der Waals surface area contributed by atoms with Crippen LogP contribution in [0.1, 0.15) is 11.8 Å². The summed E-state index contributed by atoms with van der Waals surface area (Å²) in [6.45, 7) is -0.425. The molecule has 9 heteroatoms. The summed E-state index contributed by atoms with van der Waals surface area (Å²) in [6.07, 6.45) is -1.54. The molecule has 0 saturated carbocycles. The van der Waals surface area contributed by atoms with Crippen molar-refractivity contribution in [1.29, 1.82) is 5.26 Å². The van der Waals surface area contributed by atoms with Crippen LogP contribution in [0.15, 0.2) is 17.1 Å². The molecule has 8 nitrogen and oxygen atoms in total. The number of aliphatic hydroxyl groups is 3. The highest BCUT2D eigenvalue weighted by Crippen LogP contribution is 2.37. The molecule has 3 N–H and O–H groups in total. The summed E-state index contributed by atoms with van der Waals surface area (Å²) in [5, 5.41) is 38.9. The number of aromatic nitrogens is 3. The van der Waals surface area contributed by atoms with Crippen molar-refractivity contribution in [3.63, 3.8) is 0 Å². The SMILES string of the molecule is N#Cc1c(Br)n([C@@H]2O[C@@H](CO)[C@@H](O)[C@H]2O)c2ncncc12. The predicted molar refractivity (Wildman–Crippen MR) is 73.0 cm³/mol. The van der Waals surface area contributed by atoms with Crippen molar-refractivity contribution in [2.24, 2.45) is 0 Å². The Morgan fingerprint density at radius 1 is 1.43 bits per heavy atom. The topological polar surface area (TPSA) is 124 Å². The quantitative estimate of drug-likeness (QED) is 0.674. The van der Waals surface area contributed by atoms with E-state index in [1.54, 1.807) is 0 Å². The first-order valence-corrected chi connectivity index (χ1v) is 6.91. The van der Waals surface area contributed by atoms with Gasteiger partial charge in [0.05, 0.1) is 17.6 Å². The molecule has 1 aliphatic heterocycles. The Hall–Kier alpha value is -1.57. The van der Waals surface area contributed by atoms with Crippen LogP contribution in [0.5, 0.6) is 0 Å². The number of ether oxygens (including phenoxy) is 1. The average molecular weight is 355 g/mol. The maximum absolute atomic E-state index is 10.1. The largest absolute Gasteiger partial charge is 0.394 e. The number of rotatable bonds is 2. The van der Waals surface area contributed by atoms with Gasteiger partial charge in [-0.3, -0.25) is 4.57 Å². The molecule has 110 valence electrons. The van der Waals surface area contributed by atoms with Crippen molar-refractivity contribution in [2.45, 2.75) is 24.5 Å². The van der Waals surface area contributed by atoms with E-state index in [0.29, 0.717) is 21.2 Å². The highest BCUT2D eigenvalue weighted by atomic mass is 79.9. The van der Waals surface area contributed by atoms with Crippen LogP contribution in [-0.2, 0) is 4.74 Å². The second-order valence-corrected chi connectivity index (χ2v) is 5.39. The lowest BCUT2D eigenvalue weighted by Crippen LogP contribution is -2.33. The van der Waals surface area contributed by atoms with Crippen LogP contribution in [0.3, 0.4) is 0 Å². The summed E-state index contributed by atoms with van der Waals surface area (Å²) in [7, 11) is 0. The zero-order valence-corrected chi connectivity index (χ0v) is 12.2.